The number of benzene rings is 1. The summed E-state index contributed by atoms with van der Waals surface area (Å²) in [6, 6.07) is 10.6. The second kappa shape index (κ2) is 11.2. The highest BCUT2D eigenvalue weighted by atomic mass is 19.4. The summed E-state index contributed by atoms with van der Waals surface area (Å²) >= 11 is 0. The number of fused-ring (bicyclic) bond motifs is 1. The zero-order valence-electron chi connectivity index (χ0n) is 22.2. The van der Waals surface area contributed by atoms with Gasteiger partial charge in [0.25, 0.3) is 5.91 Å². The van der Waals surface area contributed by atoms with Gasteiger partial charge in [-0.25, -0.2) is 4.98 Å². The average molecular weight is 530 g/mol. The molecule has 1 aromatic heterocycles. The summed E-state index contributed by atoms with van der Waals surface area (Å²) in [4.78, 5) is 21.3. The van der Waals surface area contributed by atoms with Crippen LogP contribution >= 0.6 is 0 Å². The Morgan fingerprint density at radius 2 is 1.82 bits per heavy atom. The Balaban J connectivity index is 1.28. The molecule has 2 fully saturated rings. The predicted octanol–water partition coefficient (Wildman–Crippen LogP) is 6.15. The van der Waals surface area contributed by atoms with Crippen LogP contribution in [0.4, 0.5) is 13.2 Å². The number of para-hydroxylation sites is 1. The maximum atomic E-state index is 13.3. The maximum absolute atomic E-state index is 13.3. The first-order chi connectivity index (χ1) is 18.2. The molecule has 5 rings (SSSR count). The number of carbonyl (C=O) groups excluding carboxylic acids is 1. The van der Waals surface area contributed by atoms with Gasteiger partial charge in [-0.15, -0.1) is 0 Å². The number of nitrogens with zero attached hydrogens (tertiary/aromatic N) is 3. The first-order valence-corrected chi connectivity index (χ1v) is 14.0. The number of pyridine rings is 1. The molecule has 3 heterocycles. The number of hydrogen-bond donors (Lipinski definition) is 0. The van der Waals surface area contributed by atoms with E-state index in [4.69, 9.17) is 4.74 Å². The van der Waals surface area contributed by atoms with E-state index in [1.807, 2.05) is 11.0 Å². The fourth-order valence-electron chi connectivity index (χ4n) is 6.11. The summed E-state index contributed by atoms with van der Waals surface area (Å²) in [6.07, 6.45) is 4.26. The number of carbonyl (C=O) groups is 1. The number of piperidine rings is 1. The lowest BCUT2D eigenvalue weighted by Gasteiger charge is -2.45. The molecule has 1 amide bonds. The average Bonchev–Trinajstić information content (AvgIpc) is 3.70. The lowest BCUT2D eigenvalue weighted by Crippen LogP contribution is -2.49. The van der Waals surface area contributed by atoms with Crippen molar-refractivity contribution in [2.24, 2.45) is 11.3 Å². The van der Waals surface area contributed by atoms with Crippen molar-refractivity contribution in [2.45, 2.75) is 64.5 Å². The molecule has 0 N–H and O–H groups in total. The molecule has 1 saturated carbocycles. The van der Waals surface area contributed by atoms with Gasteiger partial charge in [-0.05, 0) is 87.0 Å². The first-order valence-electron chi connectivity index (χ1n) is 14.0. The number of likely N-dealkylation sites (tertiary alicyclic amines) is 1. The molecule has 8 heteroatoms. The van der Waals surface area contributed by atoms with E-state index in [0.717, 1.165) is 75.9 Å². The summed E-state index contributed by atoms with van der Waals surface area (Å²) in [6.45, 7) is 6.40. The minimum absolute atomic E-state index is 0.131. The Labute approximate surface area is 223 Å². The third-order valence-electron chi connectivity index (χ3n) is 8.53. The normalized spacial score (nSPS) is 21.2. The predicted molar refractivity (Wildman–Crippen MR) is 140 cm³/mol. The number of rotatable bonds is 3. The number of ether oxygens (including phenoxy) is 1. The van der Waals surface area contributed by atoms with Gasteiger partial charge in [0.2, 0.25) is 0 Å². The zero-order chi connectivity index (χ0) is 26.8. The number of alkyl halides is 3. The number of aryl methyl sites for hydroxylation is 2. The van der Waals surface area contributed by atoms with E-state index in [2.05, 4.69) is 28.1 Å². The van der Waals surface area contributed by atoms with Gasteiger partial charge in [-0.1, -0.05) is 24.6 Å². The molecule has 0 unspecified atom stereocenters. The summed E-state index contributed by atoms with van der Waals surface area (Å²) < 4.78 is 45.4. The number of hydrogen-bond acceptors (Lipinski definition) is 4. The number of aromatic nitrogens is 1. The summed E-state index contributed by atoms with van der Waals surface area (Å²) in [5, 5.41) is 0. The molecule has 3 aliphatic rings. The van der Waals surface area contributed by atoms with Gasteiger partial charge in [0, 0.05) is 32.7 Å². The van der Waals surface area contributed by atoms with E-state index in [0.29, 0.717) is 19.7 Å². The maximum Gasteiger partial charge on any atom is 0.433 e. The van der Waals surface area contributed by atoms with Crippen LogP contribution in [0.2, 0.25) is 0 Å². The monoisotopic (exact) mass is 529 g/mol. The van der Waals surface area contributed by atoms with Crippen molar-refractivity contribution >= 4 is 5.91 Å². The summed E-state index contributed by atoms with van der Waals surface area (Å²) in [7, 11) is 0. The van der Waals surface area contributed by atoms with Crippen LogP contribution in [-0.4, -0.2) is 60.0 Å². The molecule has 1 saturated heterocycles. The van der Waals surface area contributed by atoms with E-state index >= 15 is 0 Å². The van der Waals surface area contributed by atoms with Crippen LogP contribution < -0.4 is 4.74 Å². The van der Waals surface area contributed by atoms with Crippen molar-refractivity contribution in [1.29, 1.82) is 0 Å². The molecule has 206 valence electrons. The van der Waals surface area contributed by atoms with Gasteiger partial charge < -0.3 is 9.64 Å². The number of halogens is 3. The highest BCUT2D eigenvalue weighted by molar-refractivity contribution is 5.95. The van der Waals surface area contributed by atoms with Crippen LogP contribution in [0.15, 0.2) is 36.4 Å². The molecule has 0 radical (unpaired) electrons. The van der Waals surface area contributed by atoms with Gasteiger partial charge in [0.15, 0.2) is 0 Å². The van der Waals surface area contributed by atoms with Crippen LogP contribution in [0.3, 0.4) is 0 Å². The molecule has 5 nitrogen and oxygen atoms in total. The number of amides is 1. The van der Waals surface area contributed by atoms with Crippen LogP contribution in [-0.2, 0) is 12.6 Å². The van der Waals surface area contributed by atoms with Crippen LogP contribution in [0.25, 0.3) is 0 Å². The van der Waals surface area contributed by atoms with E-state index in [9.17, 15) is 18.0 Å². The second-order valence-corrected chi connectivity index (χ2v) is 11.5. The van der Waals surface area contributed by atoms with Crippen molar-refractivity contribution in [3.8, 4) is 5.75 Å². The minimum atomic E-state index is -4.52. The molecule has 0 atom stereocenters. The Kier molecular flexibility index (Phi) is 7.98. The molecule has 38 heavy (non-hydrogen) atoms. The molecular weight excluding hydrogens is 491 g/mol. The smallest absolute Gasteiger partial charge is 0.433 e. The van der Waals surface area contributed by atoms with Gasteiger partial charge in [-0.2, -0.15) is 13.2 Å². The molecule has 0 bridgehead atoms. The van der Waals surface area contributed by atoms with Crippen LogP contribution in [0, 0.1) is 18.3 Å². The van der Waals surface area contributed by atoms with Crippen LogP contribution in [0.5, 0.6) is 5.75 Å². The fraction of sp³-hybridized carbons (Fsp3) is 0.600. The lowest BCUT2D eigenvalue weighted by atomic mass is 9.73. The van der Waals surface area contributed by atoms with Crippen LogP contribution in [0.1, 0.15) is 72.3 Å². The first kappa shape index (κ1) is 27.0. The quantitative estimate of drug-likeness (QED) is 0.479. The molecule has 1 spiro atoms. The van der Waals surface area contributed by atoms with Crippen molar-refractivity contribution in [3.63, 3.8) is 0 Å². The van der Waals surface area contributed by atoms with Gasteiger partial charge in [0.1, 0.15) is 18.1 Å². The largest absolute Gasteiger partial charge is 0.492 e. The lowest BCUT2D eigenvalue weighted by molar-refractivity contribution is -0.141. The minimum Gasteiger partial charge on any atom is -0.492 e. The fourth-order valence-corrected chi connectivity index (χ4v) is 6.11. The third kappa shape index (κ3) is 6.50. The standard InChI is InChI=1S/C30H38F3N3O2/c1-22-25(11-12-27(34-22)30(31,32)33)28(37)36-16-14-29(15-17-36)13-5-4-7-24-6-2-3-8-26(24)38-19-18-35(21-29)20-23-9-10-23/h2-3,6,8,11-12,23H,4-5,7,9-10,13-21H2,1H3. The second-order valence-electron chi connectivity index (χ2n) is 11.5. The zero-order valence-corrected chi connectivity index (χ0v) is 22.2. The highest BCUT2D eigenvalue weighted by Gasteiger charge is 2.39. The van der Waals surface area contributed by atoms with Gasteiger partial charge in [-0.3, -0.25) is 9.69 Å². The van der Waals surface area contributed by atoms with E-state index < -0.39 is 11.9 Å². The topological polar surface area (TPSA) is 45.7 Å². The Bertz CT molecular complexity index is 1120. The van der Waals surface area contributed by atoms with Crippen molar-refractivity contribution in [2.75, 3.05) is 39.3 Å². The molecular formula is C30H38F3N3O2. The van der Waals surface area contributed by atoms with E-state index in [1.165, 1.54) is 31.4 Å². The molecule has 2 aliphatic heterocycles. The van der Waals surface area contributed by atoms with Gasteiger partial charge >= 0.3 is 6.18 Å². The van der Waals surface area contributed by atoms with Crippen molar-refractivity contribution < 1.29 is 22.7 Å². The Morgan fingerprint density at radius 1 is 1.05 bits per heavy atom. The van der Waals surface area contributed by atoms with E-state index in [1.54, 1.807) is 0 Å². The summed E-state index contributed by atoms with van der Waals surface area (Å²) in [5.41, 5.74) is 0.847. The summed E-state index contributed by atoms with van der Waals surface area (Å²) in [5.74, 6) is 1.57. The van der Waals surface area contributed by atoms with Gasteiger partial charge in [0.05, 0.1) is 11.3 Å². The van der Waals surface area contributed by atoms with E-state index in [-0.39, 0.29) is 22.6 Å². The van der Waals surface area contributed by atoms with Crippen molar-refractivity contribution in [3.05, 3.63) is 58.9 Å². The molecule has 1 aliphatic carbocycles. The third-order valence-corrected chi connectivity index (χ3v) is 8.53. The Morgan fingerprint density at radius 3 is 2.53 bits per heavy atom. The SMILES string of the molecule is Cc1nc(C(F)(F)F)ccc1C(=O)N1CCC2(CCCCc3ccccc3OCCN(CC3CC3)C2)CC1. The molecule has 2 aromatic rings. The van der Waals surface area contributed by atoms with Crippen molar-refractivity contribution in [1.82, 2.24) is 14.8 Å². The highest BCUT2D eigenvalue weighted by Crippen LogP contribution is 2.40. The molecule has 1 aromatic carbocycles. The Hall–Kier alpha value is -2.61.